The van der Waals surface area contributed by atoms with Gasteiger partial charge in [-0.05, 0) is 18.6 Å². The summed E-state index contributed by atoms with van der Waals surface area (Å²) in [5.41, 5.74) is 4.15. The fourth-order valence-corrected chi connectivity index (χ4v) is 2.53. The molecule has 0 bridgehead atoms. The van der Waals surface area contributed by atoms with Crippen LogP contribution in [0.5, 0.6) is 5.75 Å². The number of nitro benzene ring substituents is 1. The van der Waals surface area contributed by atoms with E-state index in [9.17, 15) is 15.2 Å². The Morgan fingerprint density at radius 2 is 2.13 bits per heavy atom. The second kappa shape index (κ2) is 5.86. The molecular weight excluding hydrogens is 322 g/mol. The first-order valence-electron chi connectivity index (χ1n) is 6.69. The Bertz CT molecular complexity index is 822. The van der Waals surface area contributed by atoms with Crippen molar-refractivity contribution in [2.75, 3.05) is 0 Å². The summed E-state index contributed by atoms with van der Waals surface area (Å²) in [6.07, 6.45) is -0.929. The zero-order chi connectivity index (χ0) is 16.6. The van der Waals surface area contributed by atoms with Gasteiger partial charge in [0.15, 0.2) is 5.84 Å². The molecule has 1 aliphatic rings. The van der Waals surface area contributed by atoms with Crippen LogP contribution in [0.15, 0.2) is 41.4 Å². The molecule has 1 heterocycles. The highest BCUT2D eigenvalue weighted by Gasteiger charge is 2.29. The molecule has 0 unspecified atom stereocenters. The molecule has 2 aromatic rings. The van der Waals surface area contributed by atoms with Crippen LogP contribution >= 0.6 is 11.6 Å². The van der Waals surface area contributed by atoms with Crippen molar-refractivity contribution >= 4 is 23.1 Å². The lowest BCUT2D eigenvalue weighted by atomic mass is 10.1. The summed E-state index contributed by atoms with van der Waals surface area (Å²) in [5.74, 6) is -0.0314. The molecule has 3 rings (SSSR count). The van der Waals surface area contributed by atoms with Crippen molar-refractivity contribution in [3.8, 4) is 5.75 Å². The van der Waals surface area contributed by atoms with Crippen LogP contribution in [0.2, 0.25) is 5.02 Å². The normalized spacial score (nSPS) is 16.8. The van der Waals surface area contributed by atoms with Gasteiger partial charge in [-0.15, -0.1) is 0 Å². The molecule has 0 saturated heterocycles. The van der Waals surface area contributed by atoms with Crippen molar-refractivity contribution in [2.45, 2.75) is 13.2 Å². The number of hydroxylamine groups is 1. The van der Waals surface area contributed by atoms with Gasteiger partial charge in [0.25, 0.3) is 0 Å². The maximum absolute atomic E-state index is 11.0. The fraction of sp³-hybridized carbons (Fsp3) is 0.133. The summed E-state index contributed by atoms with van der Waals surface area (Å²) in [6.45, 7) is 1.93. The van der Waals surface area contributed by atoms with E-state index in [-0.39, 0.29) is 10.6 Å². The van der Waals surface area contributed by atoms with Gasteiger partial charge in [0.05, 0.1) is 10.5 Å². The third-order valence-corrected chi connectivity index (χ3v) is 3.68. The molecule has 7 nitrogen and oxygen atoms in total. The third-order valence-electron chi connectivity index (χ3n) is 3.46. The van der Waals surface area contributed by atoms with Gasteiger partial charge >= 0.3 is 5.69 Å². The largest absolute Gasteiger partial charge is 0.502 e. The van der Waals surface area contributed by atoms with Gasteiger partial charge < -0.3 is 5.11 Å². The number of aromatic hydroxyl groups is 1. The molecule has 8 heteroatoms. The number of rotatable bonds is 3. The Morgan fingerprint density at radius 1 is 1.39 bits per heavy atom. The number of hydrogen-bond acceptors (Lipinski definition) is 6. The first-order valence-corrected chi connectivity index (χ1v) is 7.07. The highest BCUT2D eigenvalue weighted by molar-refractivity contribution is 6.31. The summed E-state index contributed by atoms with van der Waals surface area (Å²) in [4.78, 5) is 19.9. The smallest absolute Gasteiger partial charge is 0.312 e. The lowest BCUT2D eigenvalue weighted by Gasteiger charge is -2.09. The number of halogens is 1. The highest BCUT2D eigenvalue weighted by atomic mass is 35.5. The van der Waals surface area contributed by atoms with Crippen molar-refractivity contribution in [1.82, 2.24) is 5.48 Å². The quantitative estimate of drug-likeness (QED) is 0.664. The Morgan fingerprint density at radius 3 is 2.83 bits per heavy atom. The third kappa shape index (κ3) is 2.84. The van der Waals surface area contributed by atoms with Crippen LogP contribution in [0.4, 0.5) is 5.69 Å². The molecular formula is C15H12ClN3O4. The van der Waals surface area contributed by atoms with Crippen molar-refractivity contribution in [3.05, 3.63) is 68.2 Å². The minimum absolute atomic E-state index is 0.118. The molecule has 0 aliphatic carbocycles. The van der Waals surface area contributed by atoms with Gasteiger partial charge in [-0.2, -0.15) is 0 Å². The van der Waals surface area contributed by atoms with E-state index < -0.39 is 22.6 Å². The number of amidine groups is 1. The minimum Gasteiger partial charge on any atom is -0.502 e. The van der Waals surface area contributed by atoms with Gasteiger partial charge in [-0.3, -0.25) is 10.1 Å². The molecule has 0 saturated carbocycles. The first-order chi connectivity index (χ1) is 11.0. The maximum atomic E-state index is 11.0. The van der Waals surface area contributed by atoms with Crippen LogP contribution in [-0.2, 0) is 4.84 Å². The van der Waals surface area contributed by atoms with E-state index >= 15 is 0 Å². The number of aryl methyl sites for hydroxylation is 1. The second-order valence-electron chi connectivity index (χ2n) is 4.98. The number of aliphatic imine (C=N–C) groups is 1. The van der Waals surface area contributed by atoms with E-state index in [4.69, 9.17) is 16.4 Å². The van der Waals surface area contributed by atoms with Gasteiger partial charge in [0.1, 0.15) is 0 Å². The van der Waals surface area contributed by atoms with E-state index in [1.807, 2.05) is 31.2 Å². The molecule has 1 aliphatic heterocycles. The number of nitro groups is 1. The summed E-state index contributed by atoms with van der Waals surface area (Å²) in [6, 6.07) is 10.0. The van der Waals surface area contributed by atoms with E-state index in [2.05, 4.69) is 10.5 Å². The molecule has 2 aromatic carbocycles. The summed E-state index contributed by atoms with van der Waals surface area (Å²) in [7, 11) is 0. The second-order valence-corrected chi connectivity index (χ2v) is 5.42. The molecule has 2 N–H and O–H groups in total. The van der Waals surface area contributed by atoms with Crippen molar-refractivity contribution < 1.29 is 14.9 Å². The Kier molecular flexibility index (Phi) is 3.89. The van der Waals surface area contributed by atoms with E-state index in [0.29, 0.717) is 5.84 Å². The predicted octanol–water partition coefficient (Wildman–Crippen LogP) is 3.24. The molecule has 23 heavy (non-hydrogen) atoms. The Balaban J connectivity index is 2.02. The number of hydrogen-bond donors (Lipinski definition) is 2. The molecule has 118 valence electrons. The monoisotopic (exact) mass is 333 g/mol. The minimum atomic E-state index is -0.929. The summed E-state index contributed by atoms with van der Waals surface area (Å²) in [5, 5.41) is 21.2. The number of nitrogens with one attached hydrogen (secondary N) is 1. The zero-order valence-corrected chi connectivity index (χ0v) is 12.7. The SMILES string of the molecule is Cc1ccccc1C1=N[C@@H](c2cc(Cl)cc([N+](=O)[O-])c2O)ON1. The fourth-order valence-electron chi connectivity index (χ4n) is 2.31. The molecule has 0 aromatic heterocycles. The van der Waals surface area contributed by atoms with Crippen molar-refractivity contribution in [1.29, 1.82) is 0 Å². The molecule has 1 atom stereocenters. The maximum Gasteiger partial charge on any atom is 0.312 e. The Labute approximate surface area is 136 Å². The van der Waals surface area contributed by atoms with Crippen LogP contribution in [0.25, 0.3) is 0 Å². The van der Waals surface area contributed by atoms with Crippen molar-refractivity contribution in [2.24, 2.45) is 4.99 Å². The van der Waals surface area contributed by atoms with Crippen LogP contribution in [0.1, 0.15) is 22.9 Å². The highest BCUT2D eigenvalue weighted by Crippen LogP contribution is 2.39. The molecule has 0 spiro atoms. The summed E-state index contributed by atoms with van der Waals surface area (Å²) >= 11 is 5.88. The summed E-state index contributed by atoms with van der Waals surface area (Å²) < 4.78 is 0. The molecule has 0 radical (unpaired) electrons. The first kappa shape index (κ1) is 15.3. The van der Waals surface area contributed by atoms with Crippen LogP contribution in [-0.4, -0.2) is 15.9 Å². The van der Waals surface area contributed by atoms with Gasteiger partial charge in [0, 0.05) is 16.7 Å². The standard InChI is InChI=1S/C15H12ClN3O4/c1-8-4-2-3-5-10(8)14-17-15(23-18-14)11-6-9(16)7-12(13(11)20)19(21)22/h2-7,15,20H,1H3,(H,17,18)/t15-/m1/s1. The Hall–Kier alpha value is -2.64. The number of benzene rings is 2. The average molecular weight is 334 g/mol. The lowest BCUT2D eigenvalue weighted by molar-refractivity contribution is -0.386. The molecule has 0 amide bonds. The van der Waals surface area contributed by atoms with E-state index in [0.717, 1.165) is 17.2 Å². The van der Waals surface area contributed by atoms with Crippen LogP contribution < -0.4 is 5.48 Å². The van der Waals surface area contributed by atoms with Crippen LogP contribution in [0.3, 0.4) is 0 Å². The van der Waals surface area contributed by atoms with Crippen LogP contribution in [0, 0.1) is 17.0 Å². The zero-order valence-electron chi connectivity index (χ0n) is 12.0. The number of nitrogens with zero attached hydrogens (tertiary/aromatic N) is 2. The van der Waals surface area contributed by atoms with Gasteiger partial charge in [0.2, 0.25) is 12.0 Å². The average Bonchev–Trinajstić information content (AvgIpc) is 2.99. The topological polar surface area (TPSA) is 97.0 Å². The van der Waals surface area contributed by atoms with E-state index in [1.165, 1.54) is 6.07 Å². The van der Waals surface area contributed by atoms with Gasteiger partial charge in [-0.25, -0.2) is 15.3 Å². The molecule has 0 fully saturated rings. The number of phenolic OH excluding ortho intramolecular Hbond substituents is 1. The number of phenols is 1. The lowest BCUT2D eigenvalue weighted by Crippen LogP contribution is -2.19. The predicted molar refractivity (Wildman–Crippen MR) is 84.4 cm³/mol. The van der Waals surface area contributed by atoms with Crippen molar-refractivity contribution in [3.63, 3.8) is 0 Å². The van der Waals surface area contributed by atoms with E-state index in [1.54, 1.807) is 0 Å². The van der Waals surface area contributed by atoms with Gasteiger partial charge in [-0.1, -0.05) is 35.9 Å².